The van der Waals surface area contributed by atoms with Crippen molar-refractivity contribution in [3.8, 4) is 11.3 Å². The third-order valence-corrected chi connectivity index (χ3v) is 8.90. The Labute approximate surface area is 165 Å². The summed E-state index contributed by atoms with van der Waals surface area (Å²) in [5, 5.41) is 1.56. The zero-order chi connectivity index (χ0) is 19.2. The second kappa shape index (κ2) is 7.16. The maximum atomic E-state index is 4.87. The predicted molar refractivity (Wildman–Crippen MR) is 117 cm³/mol. The number of aromatic nitrogens is 2. The Morgan fingerprint density at radius 2 is 1.85 bits per heavy atom. The van der Waals surface area contributed by atoms with Crippen LogP contribution in [0, 0.1) is 17.8 Å². The molecule has 2 aliphatic carbocycles. The first-order valence-corrected chi connectivity index (χ1v) is 14.3. The minimum atomic E-state index is -1.40. The smallest absolute Gasteiger partial charge is 0.0799 e. The molecule has 0 amide bonds. The summed E-state index contributed by atoms with van der Waals surface area (Å²) in [6.07, 6.45) is 11.4. The van der Waals surface area contributed by atoms with Gasteiger partial charge in [0.25, 0.3) is 0 Å². The van der Waals surface area contributed by atoms with Crippen molar-refractivity contribution in [1.29, 1.82) is 0 Å². The van der Waals surface area contributed by atoms with Crippen molar-refractivity contribution in [2.24, 2.45) is 17.8 Å². The molecule has 2 aromatic heterocycles. The van der Waals surface area contributed by atoms with Crippen molar-refractivity contribution in [3.63, 3.8) is 0 Å². The molecule has 0 aliphatic heterocycles. The van der Waals surface area contributed by atoms with Crippen molar-refractivity contribution in [2.75, 3.05) is 0 Å². The maximum Gasteiger partial charge on any atom is 0.0799 e. The topological polar surface area (TPSA) is 25.8 Å². The molecular weight excluding hydrogens is 344 g/mol. The van der Waals surface area contributed by atoms with Gasteiger partial charge in [-0.1, -0.05) is 39.9 Å². The maximum absolute atomic E-state index is 4.87. The lowest BCUT2D eigenvalue weighted by molar-refractivity contribution is 0.332. The Morgan fingerprint density at radius 3 is 2.41 bits per heavy atom. The summed E-state index contributed by atoms with van der Waals surface area (Å²) in [6, 6.07) is 6.75. The van der Waals surface area contributed by atoms with Gasteiger partial charge in [0, 0.05) is 23.7 Å². The third-order valence-electron chi connectivity index (χ3n) is 6.84. The number of pyridine rings is 2. The van der Waals surface area contributed by atoms with Crippen LogP contribution in [0.25, 0.3) is 11.3 Å². The van der Waals surface area contributed by atoms with Crippen LogP contribution in [0.2, 0.25) is 19.6 Å². The largest absolute Gasteiger partial charge is 0.260 e. The fourth-order valence-electron chi connectivity index (χ4n) is 5.31. The molecule has 3 heteroatoms. The molecule has 2 bridgehead atoms. The number of hydrogen-bond acceptors (Lipinski definition) is 2. The Kier molecular flexibility index (Phi) is 5.00. The molecule has 2 saturated carbocycles. The summed E-state index contributed by atoms with van der Waals surface area (Å²) in [4.78, 5) is 9.53. The van der Waals surface area contributed by atoms with E-state index in [-0.39, 0.29) is 0 Å². The molecule has 2 aromatic rings. The fourth-order valence-corrected chi connectivity index (χ4v) is 6.90. The molecule has 4 rings (SSSR count). The molecule has 0 N–H and O–H groups in total. The average Bonchev–Trinajstić information content (AvgIpc) is 3.24. The summed E-state index contributed by atoms with van der Waals surface area (Å²) in [7, 11) is -1.40. The van der Waals surface area contributed by atoms with Crippen LogP contribution >= 0.6 is 0 Å². The quantitative estimate of drug-likeness (QED) is 0.615. The van der Waals surface area contributed by atoms with E-state index in [1.807, 2.05) is 6.20 Å². The van der Waals surface area contributed by atoms with Crippen LogP contribution in [0.1, 0.15) is 56.7 Å². The van der Waals surface area contributed by atoms with E-state index in [9.17, 15) is 0 Å². The highest BCUT2D eigenvalue weighted by Gasteiger charge is 2.39. The molecule has 2 fully saturated rings. The lowest BCUT2D eigenvalue weighted by atomic mass is 9.84. The number of hydrogen-bond donors (Lipinski definition) is 0. The van der Waals surface area contributed by atoms with Gasteiger partial charge in [0.1, 0.15) is 0 Å². The summed E-state index contributed by atoms with van der Waals surface area (Å²) >= 11 is 0. The molecule has 144 valence electrons. The molecule has 2 nitrogen and oxygen atoms in total. The highest BCUT2D eigenvalue weighted by Crippen LogP contribution is 2.49. The van der Waals surface area contributed by atoms with Crippen LogP contribution in [-0.4, -0.2) is 18.0 Å². The van der Waals surface area contributed by atoms with E-state index >= 15 is 0 Å². The summed E-state index contributed by atoms with van der Waals surface area (Å²) in [5.74, 6) is 3.36. The van der Waals surface area contributed by atoms with Crippen molar-refractivity contribution >= 4 is 13.3 Å². The summed E-state index contributed by atoms with van der Waals surface area (Å²) < 4.78 is 0. The van der Waals surface area contributed by atoms with Gasteiger partial charge >= 0.3 is 0 Å². The lowest BCUT2D eigenvalue weighted by Gasteiger charge is -2.26. The number of fused-ring (bicyclic) bond motifs is 2. The fraction of sp³-hybridized carbons (Fsp3) is 0.583. The monoisotopic (exact) mass is 378 g/mol. The van der Waals surface area contributed by atoms with Crippen LogP contribution in [0.4, 0.5) is 0 Å². The lowest BCUT2D eigenvalue weighted by Crippen LogP contribution is -2.41. The second-order valence-corrected chi connectivity index (χ2v) is 15.3. The molecule has 3 unspecified atom stereocenters. The van der Waals surface area contributed by atoms with E-state index in [0.29, 0.717) is 5.92 Å². The van der Waals surface area contributed by atoms with E-state index in [1.165, 1.54) is 32.1 Å². The average molecular weight is 379 g/mol. The van der Waals surface area contributed by atoms with E-state index in [2.05, 4.69) is 62.9 Å². The van der Waals surface area contributed by atoms with Crippen molar-refractivity contribution < 1.29 is 0 Å². The zero-order valence-electron chi connectivity index (χ0n) is 17.6. The van der Waals surface area contributed by atoms with Gasteiger partial charge in [-0.15, -0.1) is 0 Å². The predicted octanol–water partition coefficient (Wildman–Crippen LogP) is 5.79. The van der Waals surface area contributed by atoms with Crippen molar-refractivity contribution in [2.45, 2.75) is 71.5 Å². The molecule has 2 heterocycles. The van der Waals surface area contributed by atoms with Gasteiger partial charge in [-0.05, 0) is 78.3 Å². The second-order valence-electron chi connectivity index (χ2n) is 10.2. The van der Waals surface area contributed by atoms with Crippen molar-refractivity contribution in [1.82, 2.24) is 9.97 Å². The van der Waals surface area contributed by atoms with Gasteiger partial charge in [-0.3, -0.25) is 9.97 Å². The zero-order valence-corrected chi connectivity index (χ0v) is 18.6. The van der Waals surface area contributed by atoms with Crippen LogP contribution in [0.15, 0.2) is 30.6 Å². The van der Waals surface area contributed by atoms with E-state index < -0.39 is 8.07 Å². The summed E-state index contributed by atoms with van der Waals surface area (Å²) in [5.41, 5.74) is 4.97. The van der Waals surface area contributed by atoms with E-state index in [0.717, 1.165) is 34.7 Å². The highest BCUT2D eigenvalue weighted by atomic mass is 28.3. The SMILES string of the molecule is CC(C)c1ccc(-c2cc(CC3CC4CCC3C4)c([Si](C)(C)C)cn2)cn1. The van der Waals surface area contributed by atoms with E-state index in [1.54, 1.807) is 10.8 Å². The first kappa shape index (κ1) is 18.9. The normalized spacial score (nSPS) is 24.7. The van der Waals surface area contributed by atoms with Gasteiger partial charge in [-0.2, -0.15) is 0 Å². The molecule has 3 atom stereocenters. The Hall–Kier alpha value is -1.48. The first-order chi connectivity index (χ1) is 12.8. The minimum absolute atomic E-state index is 0.467. The summed E-state index contributed by atoms with van der Waals surface area (Å²) in [6.45, 7) is 11.7. The van der Waals surface area contributed by atoms with Gasteiger partial charge in [0.05, 0.1) is 13.8 Å². The Bertz CT molecular complexity index is 804. The van der Waals surface area contributed by atoms with Gasteiger partial charge < -0.3 is 0 Å². The van der Waals surface area contributed by atoms with Crippen molar-refractivity contribution in [3.05, 3.63) is 41.9 Å². The molecule has 27 heavy (non-hydrogen) atoms. The number of rotatable bonds is 5. The van der Waals surface area contributed by atoms with Gasteiger partial charge in [-0.25, -0.2) is 0 Å². The molecule has 0 radical (unpaired) electrons. The molecular formula is C24H34N2Si. The van der Waals surface area contributed by atoms with Crippen LogP contribution in [0.3, 0.4) is 0 Å². The molecule has 0 saturated heterocycles. The van der Waals surface area contributed by atoms with E-state index in [4.69, 9.17) is 4.98 Å². The van der Waals surface area contributed by atoms with Gasteiger partial charge in [0.15, 0.2) is 0 Å². The Balaban J connectivity index is 1.66. The number of nitrogens with zero attached hydrogens (tertiary/aromatic N) is 2. The van der Waals surface area contributed by atoms with Crippen LogP contribution < -0.4 is 5.19 Å². The molecule has 0 aromatic carbocycles. The first-order valence-electron chi connectivity index (χ1n) is 10.8. The van der Waals surface area contributed by atoms with Crippen LogP contribution in [-0.2, 0) is 6.42 Å². The van der Waals surface area contributed by atoms with Crippen LogP contribution in [0.5, 0.6) is 0 Å². The van der Waals surface area contributed by atoms with Gasteiger partial charge in [0.2, 0.25) is 0 Å². The Morgan fingerprint density at radius 1 is 1.04 bits per heavy atom. The standard InChI is InChI=1S/C24H34N2Si/c1-16(2)22-9-8-19(14-25-22)23-13-21(24(15-26-23)27(3,4)5)12-20-11-17-6-7-18(20)10-17/h8-9,13-18,20H,6-7,10-12H2,1-5H3. The minimum Gasteiger partial charge on any atom is -0.260 e. The third kappa shape index (κ3) is 3.89. The highest BCUT2D eigenvalue weighted by molar-refractivity contribution is 6.89. The molecule has 0 spiro atoms. The molecule has 2 aliphatic rings.